The molecular weight excluding hydrogens is 601 g/mol. The molecule has 0 saturated carbocycles. The van der Waals surface area contributed by atoms with Crippen molar-refractivity contribution < 1.29 is 8.42 Å². The Labute approximate surface area is 232 Å². The van der Waals surface area contributed by atoms with Crippen molar-refractivity contribution in [2.24, 2.45) is 0 Å². The van der Waals surface area contributed by atoms with Crippen LogP contribution in [0.25, 0.3) is 0 Å². The number of sulfonamides is 1. The van der Waals surface area contributed by atoms with Gasteiger partial charge in [-0.15, -0.1) is 0 Å². The molecule has 0 aliphatic carbocycles. The van der Waals surface area contributed by atoms with Crippen LogP contribution in [0.4, 0.5) is 23.1 Å². The maximum Gasteiger partial charge on any atom is 0.245 e. The summed E-state index contributed by atoms with van der Waals surface area (Å²) in [5.41, 5.74) is 2.67. The Bertz CT molecular complexity index is 1320. The van der Waals surface area contributed by atoms with Gasteiger partial charge in [-0.05, 0) is 72.3 Å². The molecule has 37 heavy (non-hydrogen) atoms. The first kappa shape index (κ1) is 26.3. The van der Waals surface area contributed by atoms with Crippen molar-refractivity contribution in [3.05, 3.63) is 63.9 Å². The molecule has 0 unspecified atom stereocenters. The van der Waals surface area contributed by atoms with Gasteiger partial charge in [0.2, 0.25) is 16.0 Å². The summed E-state index contributed by atoms with van der Waals surface area (Å²) in [6.45, 7) is 6.45. The lowest BCUT2D eigenvalue weighted by atomic mass is 10.2. The van der Waals surface area contributed by atoms with Gasteiger partial charge in [-0.2, -0.15) is 9.29 Å². The van der Waals surface area contributed by atoms with Crippen molar-refractivity contribution in [1.29, 1.82) is 0 Å². The Balaban J connectivity index is 1.29. The Morgan fingerprint density at radius 2 is 1.62 bits per heavy atom. The van der Waals surface area contributed by atoms with E-state index in [2.05, 4.69) is 72.2 Å². The highest BCUT2D eigenvalue weighted by Gasteiger charge is 2.29. The van der Waals surface area contributed by atoms with Crippen molar-refractivity contribution in [2.75, 3.05) is 56.9 Å². The van der Waals surface area contributed by atoms with Crippen molar-refractivity contribution in [1.82, 2.24) is 24.1 Å². The molecule has 0 spiro atoms. The molecule has 2 saturated heterocycles. The van der Waals surface area contributed by atoms with Crippen molar-refractivity contribution in [3.63, 3.8) is 0 Å². The maximum atomic E-state index is 13.2. The minimum atomic E-state index is -3.58. The van der Waals surface area contributed by atoms with E-state index in [9.17, 15) is 8.42 Å². The van der Waals surface area contributed by atoms with Crippen LogP contribution in [0.5, 0.6) is 0 Å². The van der Waals surface area contributed by atoms with E-state index in [1.165, 1.54) is 5.56 Å². The van der Waals surface area contributed by atoms with E-state index in [0.29, 0.717) is 30.5 Å². The molecule has 2 aliphatic rings. The molecular formula is C26H32IN7O2S. The van der Waals surface area contributed by atoms with Gasteiger partial charge in [-0.25, -0.2) is 13.4 Å². The second kappa shape index (κ2) is 11.6. The number of rotatable bonds is 8. The van der Waals surface area contributed by atoms with Crippen LogP contribution in [0.2, 0.25) is 0 Å². The van der Waals surface area contributed by atoms with Crippen molar-refractivity contribution in [2.45, 2.75) is 24.3 Å². The van der Waals surface area contributed by atoms with E-state index in [1.807, 2.05) is 18.2 Å². The number of halogens is 1. The second-order valence-corrected chi connectivity index (χ2v) is 12.6. The fraction of sp³-hybridized carbons (Fsp3) is 0.385. The number of aromatic nitrogens is 2. The summed E-state index contributed by atoms with van der Waals surface area (Å²) in [5.74, 6) is 0.989. The predicted molar refractivity (Wildman–Crippen MR) is 155 cm³/mol. The summed E-state index contributed by atoms with van der Waals surface area (Å²) in [7, 11) is -1.41. The normalized spacial score (nSPS) is 17.7. The molecule has 3 aromatic rings. The topological polar surface area (TPSA) is 93.7 Å². The van der Waals surface area contributed by atoms with Crippen LogP contribution >= 0.6 is 22.6 Å². The summed E-state index contributed by atoms with van der Waals surface area (Å²) < 4.78 is 28.8. The van der Waals surface area contributed by atoms with Gasteiger partial charge in [0, 0.05) is 57.7 Å². The molecule has 0 bridgehead atoms. The molecule has 2 aliphatic heterocycles. The highest BCUT2D eigenvalue weighted by Crippen LogP contribution is 2.30. The van der Waals surface area contributed by atoms with Crippen LogP contribution in [0.1, 0.15) is 18.4 Å². The molecule has 0 amide bonds. The molecule has 1 aromatic heterocycles. The lowest BCUT2D eigenvalue weighted by Gasteiger charge is -2.32. The highest BCUT2D eigenvalue weighted by atomic mass is 127. The van der Waals surface area contributed by atoms with E-state index in [-0.39, 0.29) is 4.90 Å². The highest BCUT2D eigenvalue weighted by molar-refractivity contribution is 14.1. The first-order chi connectivity index (χ1) is 17.9. The van der Waals surface area contributed by atoms with Crippen LogP contribution < -0.4 is 10.6 Å². The third kappa shape index (κ3) is 6.40. The zero-order valence-corrected chi connectivity index (χ0v) is 23.9. The fourth-order valence-corrected chi connectivity index (χ4v) is 6.65. The van der Waals surface area contributed by atoms with Crippen LogP contribution in [0.15, 0.2) is 59.6 Å². The monoisotopic (exact) mass is 633 g/mol. The zero-order valence-electron chi connectivity index (χ0n) is 20.9. The first-order valence-corrected chi connectivity index (χ1v) is 15.1. The van der Waals surface area contributed by atoms with E-state index < -0.39 is 10.0 Å². The maximum absolute atomic E-state index is 13.2. The smallest absolute Gasteiger partial charge is 0.245 e. The van der Waals surface area contributed by atoms with Crippen LogP contribution in [-0.4, -0.2) is 78.8 Å². The Hall–Kier alpha value is -2.32. The molecule has 2 aromatic carbocycles. The fourth-order valence-electron chi connectivity index (χ4n) is 4.59. The van der Waals surface area contributed by atoms with Gasteiger partial charge < -0.3 is 15.5 Å². The van der Waals surface area contributed by atoms with Gasteiger partial charge in [0.25, 0.3) is 0 Å². The van der Waals surface area contributed by atoms with Crippen molar-refractivity contribution in [3.8, 4) is 0 Å². The number of likely N-dealkylation sites (N-methyl/N-ethyl adjacent to an activating group) is 1. The number of hydrogen-bond acceptors (Lipinski definition) is 8. The number of hydrogen-bond donors (Lipinski definition) is 2. The molecule has 11 heteroatoms. The molecule has 0 atom stereocenters. The molecule has 5 rings (SSSR count). The number of nitrogens with zero attached hydrogens (tertiary/aromatic N) is 5. The van der Waals surface area contributed by atoms with Gasteiger partial charge in [0.15, 0.2) is 0 Å². The number of piperazine rings is 1. The third-order valence-corrected chi connectivity index (χ3v) is 9.53. The minimum absolute atomic E-state index is 0.261. The number of benzene rings is 2. The van der Waals surface area contributed by atoms with E-state index >= 15 is 0 Å². The Morgan fingerprint density at radius 1 is 0.919 bits per heavy atom. The molecule has 196 valence electrons. The van der Waals surface area contributed by atoms with E-state index in [4.69, 9.17) is 0 Å². The lowest BCUT2D eigenvalue weighted by Crippen LogP contribution is -2.43. The quantitative estimate of drug-likeness (QED) is 0.359. The summed E-state index contributed by atoms with van der Waals surface area (Å²) in [6, 6.07) is 15.3. The van der Waals surface area contributed by atoms with Crippen molar-refractivity contribution >= 4 is 55.8 Å². The minimum Gasteiger partial charge on any atom is -0.338 e. The standard InChI is InChI=1S/C26H32IN7O2S/c1-32-14-16-33(17-15-32)19-20-8-10-21(11-9-20)29-26-28-18-22(27)25(31-26)30-23-6-2-3-7-24(23)37(35,36)34-12-4-5-13-34/h2-3,6-11,18H,4-5,12-17,19H2,1H3,(H2,28,29,30,31). The Morgan fingerprint density at radius 3 is 2.35 bits per heavy atom. The molecule has 2 fully saturated rings. The third-order valence-electron chi connectivity index (χ3n) is 6.78. The van der Waals surface area contributed by atoms with Crippen LogP contribution in [0.3, 0.4) is 0 Å². The Kier molecular flexibility index (Phi) is 8.24. The van der Waals surface area contributed by atoms with Gasteiger partial charge in [-0.3, -0.25) is 4.90 Å². The van der Waals surface area contributed by atoms with Crippen LogP contribution in [-0.2, 0) is 16.6 Å². The largest absolute Gasteiger partial charge is 0.338 e. The average Bonchev–Trinajstić information content (AvgIpc) is 3.45. The number of para-hydroxylation sites is 1. The van der Waals surface area contributed by atoms with E-state index in [0.717, 1.165) is 54.8 Å². The van der Waals surface area contributed by atoms with Gasteiger partial charge >= 0.3 is 0 Å². The zero-order chi connectivity index (χ0) is 25.8. The first-order valence-electron chi connectivity index (χ1n) is 12.5. The summed E-state index contributed by atoms with van der Waals surface area (Å²) in [5, 5.41) is 6.51. The lowest BCUT2D eigenvalue weighted by molar-refractivity contribution is 0.148. The number of anilines is 4. The van der Waals surface area contributed by atoms with E-state index in [1.54, 1.807) is 28.7 Å². The molecule has 2 N–H and O–H groups in total. The summed E-state index contributed by atoms with van der Waals surface area (Å²) in [6.07, 6.45) is 3.51. The molecule has 0 radical (unpaired) electrons. The molecule has 3 heterocycles. The van der Waals surface area contributed by atoms with Gasteiger partial charge in [-0.1, -0.05) is 24.3 Å². The molecule has 9 nitrogen and oxygen atoms in total. The summed E-state index contributed by atoms with van der Waals surface area (Å²) in [4.78, 5) is 14.2. The van der Waals surface area contributed by atoms with Crippen LogP contribution in [0, 0.1) is 3.57 Å². The van der Waals surface area contributed by atoms with Gasteiger partial charge in [0.1, 0.15) is 10.7 Å². The number of nitrogens with one attached hydrogen (secondary N) is 2. The average molecular weight is 634 g/mol. The van der Waals surface area contributed by atoms with Gasteiger partial charge in [0.05, 0.1) is 9.26 Å². The second-order valence-electron chi connectivity index (χ2n) is 9.52. The predicted octanol–water partition coefficient (Wildman–Crippen LogP) is 4.10. The summed E-state index contributed by atoms with van der Waals surface area (Å²) >= 11 is 2.15. The SMILES string of the molecule is CN1CCN(Cc2ccc(Nc3ncc(I)c(Nc4ccccc4S(=O)(=O)N4CCCC4)n3)cc2)CC1.